The molecule has 1 aromatic rings. The molecule has 1 aliphatic carbocycles. The van der Waals surface area contributed by atoms with Crippen molar-refractivity contribution in [1.29, 1.82) is 0 Å². The summed E-state index contributed by atoms with van der Waals surface area (Å²) in [5, 5.41) is 2.95. The zero-order chi connectivity index (χ0) is 12.6. The van der Waals surface area contributed by atoms with E-state index in [1.807, 2.05) is 6.07 Å². The lowest BCUT2D eigenvalue weighted by atomic mass is 10.2. The summed E-state index contributed by atoms with van der Waals surface area (Å²) in [6.45, 7) is 0.494. The van der Waals surface area contributed by atoms with E-state index in [1.165, 1.54) is 17.7 Å². The SMILES string of the molecule is O=S1(=O)CCCC1CNc1ccc2c(n1)CCC2. The highest BCUT2D eigenvalue weighted by Gasteiger charge is 2.30. The van der Waals surface area contributed by atoms with Gasteiger partial charge in [0.2, 0.25) is 0 Å². The minimum absolute atomic E-state index is 0.229. The van der Waals surface area contributed by atoms with Gasteiger partial charge >= 0.3 is 0 Å². The van der Waals surface area contributed by atoms with Gasteiger partial charge in [0.15, 0.2) is 9.84 Å². The minimum Gasteiger partial charge on any atom is -0.369 e. The van der Waals surface area contributed by atoms with Crippen molar-refractivity contribution in [2.75, 3.05) is 17.6 Å². The van der Waals surface area contributed by atoms with Gasteiger partial charge in [0.1, 0.15) is 5.82 Å². The lowest BCUT2D eigenvalue weighted by Gasteiger charge is -2.12. The van der Waals surface area contributed by atoms with Crippen LogP contribution in [0, 0.1) is 0 Å². The van der Waals surface area contributed by atoms with Crippen LogP contribution in [0.4, 0.5) is 5.82 Å². The van der Waals surface area contributed by atoms with Crippen LogP contribution in [0.3, 0.4) is 0 Å². The number of hydrogen-bond acceptors (Lipinski definition) is 4. The molecule has 0 amide bonds. The number of nitrogens with one attached hydrogen (secondary N) is 1. The van der Waals surface area contributed by atoms with E-state index in [0.29, 0.717) is 12.3 Å². The first-order valence-electron chi connectivity index (χ1n) is 6.59. The van der Waals surface area contributed by atoms with E-state index in [9.17, 15) is 8.42 Å². The molecule has 1 aromatic heterocycles. The van der Waals surface area contributed by atoms with E-state index in [-0.39, 0.29) is 5.25 Å². The molecule has 1 N–H and O–H groups in total. The van der Waals surface area contributed by atoms with Crippen LogP contribution in [0.1, 0.15) is 30.5 Å². The highest BCUT2D eigenvalue weighted by atomic mass is 32.2. The average molecular weight is 266 g/mol. The Morgan fingerprint density at radius 3 is 2.94 bits per heavy atom. The highest BCUT2D eigenvalue weighted by Crippen LogP contribution is 2.23. The smallest absolute Gasteiger partial charge is 0.154 e. The Balaban J connectivity index is 1.67. The molecule has 5 heteroatoms. The van der Waals surface area contributed by atoms with Gasteiger partial charge in [-0.1, -0.05) is 6.07 Å². The Kier molecular flexibility index (Phi) is 3.01. The van der Waals surface area contributed by atoms with Gasteiger partial charge in [-0.2, -0.15) is 0 Å². The van der Waals surface area contributed by atoms with Crippen molar-refractivity contribution in [2.45, 2.75) is 37.4 Å². The second-order valence-electron chi connectivity index (χ2n) is 5.17. The van der Waals surface area contributed by atoms with Crippen LogP contribution < -0.4 is 5.32 Å². The summed E-state index contributed by atoms with van der Waals surface area (Å²) < 4.78 is 23.4. The summed E-state index contributed by atoms with van der Waals surface area (Å²) in [5.74, 6) is 1.16. The zero-order valence-electron chi connectivity index (χ0n) is 10.4. The predicted octanol–water partition coefficient (Wildman–Crippen LogP) is 1.56. The van der Waals surface area contributed by atoms with E-state index in [4.69, 9.17) is 0 Å². The Labute approximate surface area is 108 Å². The molecule has 0 aromatic carbocycles. The van der Waals surface area contributed by atoms with Crippen LogP contribution in [0.15, 0.2) is 12.1 Å². The molecule has 4 nitrogen and oxygen atoms in total. The van der Waals surface area contributed by atoms with Crippen LogP contribution in [0.25, 0.3) is 0 Å². The molecule has 1 unspecified atom stereocenters. The average Bonchev–Trinajstić information content (AvgIpc) is 2.91. The summed E-state index contributed by atoms with van der Waals surface area (Å²) in [6, 6.07) is 4.08. The number of hydrogen-bond donors (Lipinski definition) is 1. The standard InChI is InChI=1S/C13H18N2O2S/c16-18(17)8-2-4-11(18)9-14-13-7-6-10-3-1-5-12(10)15-13/h6-7,11H,1-5,8-9H2,(H,14,15). The fraction of sp³-hybridized carbons (Fsp3) is 0.615. The Morgan fingerprint density at radius 1 is 1.28 bits per heavy atom. The summed E-state index contributed by atoms with van der Waals surface area (Å²) in [5.41, 5.74) is 2.52. The van der Waals surface area contributed by atoms with Gasteiger partial charge in [0.05, 0.1) is 11.0 Å². The van der Waals surface area contributed by atoms with E-state index < -0.39 is 9.84 Å². The fourth-order valence-electron chi connectivity index (χ4n) is 2.82. The third-order valence-electron chi connectivity index (χ3n) is 3.90. The second-order valence-corrected chi connectivity index (χ2v) is 7.57. The molecule has 1 saturated heterocycles. The first kappa shape index (κ1) is 12.0. The third-order valence-corrected chi connectivity index (χ3v) is 6.18. The molecular weight excluding hydrogens is 248 g/mol. The van der Waals surface area contributed by atoms with Gasteiger partial charge in [0, 0.05) is 12.2 Å². The number of nitrogens with zero attached hydrogens (tertiary/aromatic N) is 1. The van der Waals surface area contributed by atoms with E-state index >= 15 is 0 Å². The van der Waals surface area contributed by atoms with Crippen LogP contribution in [-0.2, 0) is 22.7 Å². The topological polar surface area (TPSA) is 59.1 Å². The number of sulfone groups is 1. The molecule has 18 heavy (non-hydrogen) atoms. The summed E-state index contributed by atoms with van der Waals surface area (Å²) in [7, 11) is -2.86. The first-order chi connectivity index (χ1) is 8.65. The maximum Gasteiger partial charge on any atom is 0.154 e. The maximum absolute atomic E-state index is 11.7. The van der Waals surface area contributed by atoms with E-state index in [2.05, 4.69) is 16.4 Å². The molecule has 0 bridgehead atoms. The molecule has 1 fully saturated rings. The fourth-order valence-corrected chi connectivity index (χ4v) is 4.59. The number of pyridine rings is 1. The minimum atomic E-state index is -2.86. The molecule has 3 rings (SSSR count). The van der Waals surface area contributed by atoms with E-state index in [0.717, 1.165) is 31.5 Å². The predicted molar refractivity (Wildman–Crippen MR) is 71.6 cm³/mol. The van der Waals surface area contributed by atoms with Crippen molar-refractivity contribution in [3.63, 3.8) is 0 Å². The van der Waals surface area contributed by atoms with Crippen molar-refractivity contribution >= 4 is 15.7 Å². The quantitative estimate of drug-likeness (QED) is 0.902. The van der Waals surface area contributed by atoms with Crippen LogP contribution in [0.2, 0.25) is 0 Å². The lowest BCUT2D eigenvalue weighted by Crippen LogP contribution is -2.25. The van der Waals surface area contributed by atoms with Crippen LogP contribution in [-0.4, -0.2) is 30.9 Å². The highest BCUT2D eigenvalue weighted by molar-refractivity contribution is 7.92. The largest absolute Gasteiger partial charge is 0.369 e. The first-order valence-corrected chi connectivity index (χ1v) is 8.31. The number of aryl methyl sites for hydroxylation is 2. The number of fused-ring (bicyclic) bond motifs is 1. The Hall–Kier alpha value is -1.10. The maximum atomic E-state index is 11.7. The molecule has 2 aliphatic rings. The van der Waals surface area contributed by atoms with Gasteiger partial charge < -0.3 is 5.32 Å². The van der Waals surface area contributed by atoms with E-state index in [1.54, 1.807) is 0 Å². The third kappa shape index (κ3) is 2.23. The van der Waals surface area contributed by atoms with Crippen LogP contribution in [0.5, 0.6) is 0 Å². The number of rotatable bonds is 3. The van der Waals surface area contributed by atoms with Gasteiger partial charge in [-0.25, -0.2) is 13.4 Å². The Bertz CT molecular complexity index is 554. The molecule has 1 atom stereocenters. The van der Waals surface area contributed by atoms with Crippen molar-refractivity contribution in [2.24, 2.45) is 0 Å². The van der Waals surface area contributed by atoms with Gasteiger partial charge in [-0.3, -0.25) is 0 Å². The molecule has 1 aliphatic heterocycles. The lowest BCUT2D eigenvalue weighted by molar-refractivity contribution is 0.591. The van der Waals surface area contributed by atoms with Crippen molar-refractivity contribution < 1.29 is 8.42 Å². The molecule has 98 valence electrons. The molecule has 0 radical (unpaired) electrons. The molecule has 0 saturated carbocycles. The normalized spacial score (nSPS) is 25.0. The number of aromatic nitrogens is 1. The van der Waals surface area contributed by atoms with Gasteiger partial charge in [0.25, 0.3) is 0 Å². The molecular formula is C13H18N2O2S. The summed E-state index contributed by atoms with van der Waals surface area (Å²) in [4.78, 5) is 4.56. The van der Waals surface area contributed by atoms with Crippen molar-refractivity contribution in [3.05, 3.63) is 23.4 Å². The number of anilines is 1. The van der Waals surface area contributed by atoms with Gasteiger partial charge in [-0.05, 0) is 43.7 Å². The monoisotopic (exact) mass is 266 g/mol. The van der Waals surface area contributed by atoms with Crippen molar-refractivity contribution in [1.82, 2.24) is 4.98 Å². The van der Waals surface area contributed by atoms with Crippen LogP contribution >= 0.6 is 0 Å². The molecule has 2 heterocycles. The summed E-state index contributed by atoms with van der Waals surface area (Å²) >= 11 is 0. The van der Waals surface area contributed by atoms with Crippen molar-refractivity contribution in [3.8, 4) is 0 Å². The molecule has 0 spiro atoms. The Morgan fingerprint density at radius 2 is 2.17 bits per heavy atom. The zero-order valence-corrected chi connectivity index (χ0v) is 11.2. The van der Waals surface area contributed by atoms with Gasteiger partial charge in [-0.15, -0.1) is 0 Å². The second kappa shape index (κ2) is 4.53. The summed E-state index contributed by atoms with van der Waals surface area (Å²) in [6.07, 6.45) is 4.93.